The monoisotopic (exact) mass is 536 g/mol. The molecule has 0 radical (unpaired) electrons. The number of hydrogen-bond acceptors (Lipinski definition) is 8. The lowest BCUT2D eigenvalue weighted by Crippen LogP contribution is -2.48. The second-order valence-corrected chi connectivity index (χ2v) is 11.3. The fourth-order valence-electron chi connectivity index (χ4n) is 6.18. The molecular weight excluding hydrogens is 499 g/mol. The zero-order valence-corrected chi connectivity index (χ0v) is 22.4. The van der Waals surface area contributed by atoms with E-state index in [1.807, 2.05) is 9.47 Å². The van der Waals surface area contributed by atoms with Crippen molar-refractivity contribution in [2.24, 2.45) is 5.92 Å². The van der Waals surface area contributed by atoms with E-state index >= 15 is 0 Å². The number of likely N-dealkylation sites (N-methyl/N-ethyl adjacent to an activating group) is 1. The highest BCUT2D eigenvalue weighted by Gasteiger charge is 2.36. The minimum absolute atomic E-state index is 0.00161. The Morgan fingerprint density at radius 2 is 1.79 bits per heavy atom. The number of anilines is 3. The lowest BCUT2D eigenvalue weighted by molar-refractivity contribution is -0.137. The first-order chi connectivity index (χ1) is 18.9. The molecule has 39 heavy (non-hydrogen) atoms. The highest BCUT2D eigenvalue weighted by Crippen LogP contribution is 2.40. The number of para-hydroxylation sites is 1. The van der Waals surface area contributed by atoms with E-state index in [1.54, 1.807) is 24.4 Å². The van der Waals surface area contributed by atoms with Gasteiger partial charge in [-0.3, -0.25) is 9.36 Å². The van der Waals surface area contributed by atoms with Gasteiger partial charge >= 0.3 is 0 Å². The molecule has 2 aliphatic carbocycles. The number of piperazine rings is 1. The van der Waals surface area contributed by atoms with Crippen LogP contribution in [-0.2, 0) is 4.79 Å². The van der Waals surface area contributed by atoms with E-state index in [0.29, 0.717) is 35.2 Å². The largest absolute Gasteiger partial charge is 0.393 e. The predicted octanol–water partition coefficient (Wildman–Crippen LogP) is 3.54. The number of halogens is 1. The molecule has 3 heterocycles. The summed E-state index contributed by atoms with van der Waals surface area (Å²) >= 11 is 0. The highest BCUT2D eigenvalue weighted by atomic mass is 19.1. The molecule has 3 aromatic rings. The first kappa shape index (κ1) is 25.9. The average Bonchev–Trinajstić information content (AvgIpc) is 3.56. The van der Waals surface area contributed by atoms with Gasteiger partial charge < -0.3 is 25.5 Å². The molecule has 3 fully saturated rings. The van der Waals surface area contributed by atoms with Gasteiger partial charge in [-0.25, -0.2) is 14.4 Å². The number of rotatable bonds is 6. The van der Waals surface area contributed by atoms with Crippen LogP contribution in [0.3, 0.4) is 0 Å². The van der Waals surface area contributed by atoms with Crippen LogP contribution in [0.1, 0.15) is 51.0 Å². The Balaban J connectivity index is 1.28. The highest BCUT2D eigenvalue weighted by molar-refractivity contribution is 5.80. The minimum Gasteiger partial charge on any atom is -0.393 e. The summed E-state index contributed by atoms with van der Waals surface area (Å²) in [6.07, 6.45) is 7.02. The third kappa shape index (κ3) is 5.56. The van der Waals surface area contributed by atoms with Crippen LogP contribution in [0.25, 0.3) is 11.2 Å². The van der Waals surface area contributed by atoms with E-state index in [4.69, 9.17) is 9.97 Å². The maximum absolute atomic E-state index is 14.6. The predicted molar refractivity (Wildman–Crippen MR) is 147 cm³/mol. The molecule has 2 aromatic heterocycles. The molecule has 208 valence electrons. The Morgan fingerprint density at radius 3 is 2.56 bits per heavy atom. The topological polar surface area (TPSA) is 111 Å². The molecule has 10 nitrogen and oxygen atoms in total. The van der Waals surface area contributed by atoms with Gasteiger partial charge in [0.05, 0.1) is 18.0 Å². The van der Waals surface area contributed by atoms with Crippen molar-refractivity contribution in [3.05, 3.63) is 36.3 Å². The van der Waals surface area contributed by atoms with Crippen LogP contribution in [0, 0.1) is 11.7 Å². The van der Waals surface area contributed by atoms with Crippen LogP contribution >= 0.6 is 0 Å². The summed E-state index contributed by atoms with van der Waals surface area (Å²) in [6, 6.07) is 6.74. The van der Waals surface area contributed by atoms with E-state index in [9.17, 15) is 14.3 Å². The van der Waals surface area contributed by atoms with Crippen LogP contribution in [-0.4, -0.2) is 85.7 Å². The van der Waals surface area contributed by atoms with Crippen LogP contribution in [0.4, 0.5) is 22.0 Å². The average molecular weight is 537 g/mol. The Bertz CT molecular complexity index is 1320. The third-order valence-electron chi connectivity index (χ3n) is 8.52. The number of carbonyl (C=O) groups excluding carboxylic acids is 1. The zero-order chi connectivity index (χ0) is 26.9. The number of imidazole rings is 1. The van der Waals surface area contributed by atoms with Gasteiger partial charge in [0.25, 0.3) is 0 Å². The number of aromatic nitrogens is 4. The van der Waals surface area contributed by atoms with E-state index < -0.39 is 0 Å². The molecule has 2 atom stereocenters. The Labute approximate surface area is 227 Å². The van der Waals surface area contributed by atoms with Crippen molar-refractivity contribution in [1.82, 2.24) is 29.3 Å². The molecule has 6 rings (SSSR count). The van der Waals surface area contributed by atoms with Crippen molar-refractivity contribution >= 4 is 34.7 Å². The van der Waals surface area contributed by atoms with E-state index in [0.717, 1.165) is 64.7 Å². The number of aliphatic hydroxyl groups is 1. The fraction of sp³-hybridized carbons (Fsp3) is 0.571. The second-order valence-electron chi connectivity index (χ2n) is 11.3. The molecule has 11 heteroatoms. The van der Waals surface area contributed by atoms with E-state index in [2.05, 4.69) is 27.6 Å². The van der Waals surface area contributed by atoms with Gasteiger partial charge in [-0.1, -0.05) is 12.1 Å². The first-order valence-electron chi connectivity index (χ1n) is 14.1. The van der Waals surface area contributed by atoms with Gasteiger partial charge in [-0.15, -0.1) is 0 Å². The summed E-state index contributed by atoms with van der Waals surface area (Å²) in [5.74, 6) is 0.838. The van der Waals surface area contributed by atoms with Gasteiger partial charge in [-0.2, -0.15) is 4.98 Å². The van der Waals surface area contributed by atoms with Crippen LogP contribution in [0.2, 0.25) is 0 Å². The third-order valence-corrected chi connectivity index (χ3v) is 8.52. The summed E-state index contributed by atoms with van der Waals surface area (Å²) in [5.41, 5.74) is 1.62. The number of nitrogens with one attached hydrogen (secondary N) is 2. The maximum atomic E-state index is 14.6. The van der Waals surface area contributed by atoms with Crippen molar-refractivity contribution in [1.29, 1.82) is 0 Å². The zero-order valence-electron chi connectivity index (χ0n) is 22.4. The second kappa shape index (κ2) is 11.1. The van der Waals surface area contributed by atoms with Gasteiger partial charge in [0.1, 0.15) is 11.3 Å². The van der Waals surface area contributed by atoms with Crippen LogP contribution < -0.4 is 10.6 Å². The van der Waals surface area contributed by atoms with Crippen molar-refractivity contribution in [2.45, 2.75) is 63.1 Å². The number of amides is 1. The molecule has 2 saturated carbocycles. The summed E-state index contributed by atoms with van der Waals surface area (Å²) in [7, 11) is 2.09. The van der Waals surface area contributed by atoms with Crippen molar-refractivity contribution in [2.75, 3.05) is 43.9 Å². The molecule has 0 bridgehead atoms. The van der Waals surface area contributed by atoms with Crippen molar-refractivity contribution in [3.63, 3.8) is 0 Å². The number of hydrogen-bond donors (Lipinski definition) is 3. The van der Waals surface area contributed by atoms with Crippen LogP contribution in [0.15, 0.2) is 30.5 Å². The molecule has 2 unspecified atom stereocenters. The molecule has 3 aliphatic rings. The Kier molecular flexibility index (Phi) is 7.35. The van der Waals surface area contributed by atoms with Crippen molar-refractivity contribution < 1.29 is 14.3 Å². The number of aliphatic hydroxyl groups excluding tert-OH is 1. The SMILES string of the molecule is CN1CCN(C(=O)C2CCC(n3c(Nc4ccccc4F)nc4cnc(NC5CCC(O)CC5)nc43)C2)CC1. The van der Waals surface area contributed by atoms with Gasteiger partial charge in [0.2, 0.25) is 17.8 Å². The van der Waals surface area contributed by atoms with Gasteiger partial charge in [0.15, 0.2) is 5.65 Å². The molecule has 0 spiro atoms. The smallest absolute Gasteiger partial charge is 0.225 e. The lowest BCUT2D eigenvalue weighted by Gasteiger charge is -2.34. The molecule has 1 aromatic carbocycles. The summed E-state index contributed by atoms with van der Waals surface area (Å²) in [6.45, 7) is 3.34. The van der Waals surface area contributed by atoms with E-state index in [1.165, 1.54) is 6.07 Å². The van der Waals surface area contributed by atoms with Crippen LogP contribution in [0.5, 0.6) is 0 Å². The minimum atomic E-state index is -0.362. The molecule has 1 aliphatic heterocycles. The number of carbonyl (C=O) groups is 1. The van der Waals surface area contributed by atoms with Gasteiger partial charge in [-0.05, 0) is 64.1 Å². The molecule has 1 saturated heterocycles. The van der Waals surface area contributed by atoms with E-state index in [-0.39, 0.29) is 35.8 Å². The standard InChI is InChI=1S/C28H37FN8O2/c1-35-12-14-36(15-13-35)26(39)18-6-9-20(16-18)37-25-24(33-28(37)32-23-5-3-2-4-22(23)29)17-30-27(34-25)31-19-7-10-21(38)11-8-19/h2-5,17-21,38H,6-16H2,1H3,(H,32,33)(H,30,31,34). The quantitative estimate of drug-likeness (QED) is 0.439. The summed E-state index contributed by atoms with van der Waals surface area (Å²) in [5, 5.41) is 16.5. The lowest BCUT2D eigenvalue weighted by atomic mass is 9.93. The molecular formula is C28H37FN8O2. The van der Waals surface area contributed by atoms with Gasteiger partial charge in [0, 0.05) is 44.2 Å². The molecule has 3 N–H and O–H groups in total. The molecule has 1 amide bonds. The fourth-order valence-corrected chi connectivity index (χ4v) is 6.18. The number of benzene rings is 1. The summed E-state index contributed by atoms with van der Waals surface area (Å²) in [4.78, 5) is 31.8. The summed E-state index contributed by atoms with van der Waals surface area (Å²) < 4.78 is 16.6. The number of fused-ring (bicyclic) bond motifs is 1. The van der Waals surface area contributed by atoms with Crippen molar-refractivity contribution in [3.8, 4) is 0 Å². The normalized spacial score (nSPS) is 26.2. The number of nitrogens with zero attached hydrogens (tertiary/aromatic N) is 6. The Morgan fingerprint density at radius 1 is 1.03 bits per heavy atom. The maximum Gasteiger partial charge on any atom is 0.225 e. The Hall–Kier alpha value is -3.31. The first-order valence-corrected chi connectivity index (χ1v) is 14.1.